The summed E-state index contributed by atoms with van der Waals surface area (Å²) in [6, 6.07) is 0. The van der Waals surface area contributed by atoms with Gasteiger partial charge in [0, 0.05) is 24.9 Å². The van der Waals surface area contributed by atoms with Crippen LogP contribution in [0.15, 0.2) is 0 Å². The van der Waals surface area contributed by atoms with Gasteiger partial charge in [0.2, 0.25) is 0 Å². The van der Waals surface area contributed by atoms with Gasteiger partial charge in [-0.15, -0.1) is 0 Å². The van der Waals surface area contributed by atoms with Crippen LogP contribution in [0.2, 0.25) is 0 Å². The SMILES string of the molecule is CN(C)CC1CC(CN(C)C)C(S)C(CN(C)C)C1. The van der Waals surface area contributed by atoms with Crippen molar-refractivity contribution in [2.75, 3.05) is 61.9 Å². The van der Waals surface area contributed by atoms with E-state index in [-0.39, 0.29) is 0 Å². The number of nitrogens with zero attached hydrogens (tertiary/aromatic N) is 3. The molecule has 0 spiro atoms. The lowest BCUT2D eigenvalue weighted by Crippen LogP contribution is -2.44. The van der Waals surface area contributed by atoms with Gasteiger partial charge in [-0.05, 0) is 72.9 Å². The summed E-state index contributed by atoms with van der Waals surface area (Å²) in [5.74, 6) is 2.28. The number of rotatable bonds is 6. The average Bonchev–Trinajstić information content (AvgIpc) is 2.22. The minimum absolute atomic E-state index is 0.545. The molecule has 0 bridgehead atoms. The lowest BCUT2D eigenvalue weighted by atomic mass is 9.74. The van der Waals surface area contributed by atoms with E-state index < -0.39 is 0 Å². The number of hydrogen-bond acceptors (Lipinski definition) is 4. The van der Waals surface area contributed by atoms with Crippen molar-refractivity contribution in [3.05, 3.63) is 0 Å². The van der Waals surface area contributed by atoms with Crippen LogP contribution in [0.1, 0.15) is 12.8 Å². The van der Waals surface area contributed by atoms with Crippen LogP contribution in [-0.4, -0.2) is 81.9 Å². The van der Waals surface area contributed by atoms with Gasteiger partial charge in [-0.25, -0.2) is 0 Å². The first-order chi connectivity index (χ1) is 8.79. The number of thiol groups is 1. The summed E-state index contributed by atoms with van der Waals surface area (Å²) >= 11 is 4.96. The molecule has 4 heteroatoms. The summed E-state index contributed by atoms with van der Waals surface area (Å²) in [6.07, 6.45) is 2.66. The van der Waals surface area contributed by atoms with Crippen LogP contribution in [0.5, 0.6) is 0 Å². The van der Waals surface area contributed by atoms with Crippen molar-refractivity contribution in [1.29, 1.82) is 0 Å². The van der Waals surface area contributed by atoms with E-state index in [1.54, 1.807) is 0 Å². The Labute approximate surface area is 125 Å². The van der Waals surface area contributed by atoms with Gasteiger partial charge in [-0.1, -0.05) is 0 Å². The van der Waals surface area contributed by atoms with Crippen molar-refractivity contribution in [3.63, 3.8) is 0 Å². The highest BCUT2D eigenvalue weighted by atomic mass is 32.1. The second kappa shape index (κ2) is 7.87. The van der Waals surface area contributed by atoms with E-state index in [0.717, 1.165) is 17.8 Å². The summed E-state index contributed by atoms with van der Waals surface area (Å²) in [7, 11) is 13.1. The fourth-order valence-electron chi connectivity index (χ4n) is 3.58. The molecule has 114 valence electrons. The standard InChI is InChI=1S/C15H33N3S/c1-16(2)9-12-7-13(10-17(3)4)15(19)14(8-12)11-18(5)6/h12-15,19H,7-11H2,1-6H3. The van der Waals surface area contributed by atoms with E-state index in [1.165, 1.54) is 32.5 Å². The Bertz CT molecular complexity index is 236. The lowest BCUT2D eigenvalue weighted by Gasteiger charge is -2.42. The third-order valence-corrected chi connectivity index (χ3v) is 4.90. The predicted octanol–water partition coefficient (Wildman–Crippen LogP) is 1.61. The van der Waals surface area contributed by atoms with Gasteiger partial charge in [-0.2, -0.15) is 12.6 Å². The Hall–Kier alpha value is 0.230. The summed E-state index contributed by atoms with van der Waals surface area (Å²) in [6.45, 7) is 3.55. The number of hydrogen-bond donors (Lipinski definition) is 1. The Kier molecular flexibility index (Phi) is 7.15. The molecule has 0 aromatic rings. The fourth-order valence-corrected chi connectivity index (χ4v) is 4.02. The molecule has 0 N–H and O–H groups in total. The van der Waals surface area contributed by atoms with Crippen LogP contribution < -0.4 is 0 Å². The zero-order valence-electron chi connectivity index (χ0n) is 13.6. The molecule has 3 nitrogen and oxygen atoms in total. The van der Waals surface area contributed by atoms with Crippen LogP contribution in [-0.2, 0) is 0 Å². The highest BCUT2D eigenvalue weighted by Crippen LogP contribution is 2.37. The molecule has 2 atom stereocenters. The van der Waals surface area contributed by atoms with E-state index in [2.05, 4.69) is 57.0 Å². The van der Waals surface area contributed by atoms with Gasteiger partial charge in [0.25, 0.3) is 0 Å². The highest BCUT2D eigenvalue weighted by molar-refractivity contribution is 7.81. The monoisotopic (exact) mass is 287 g/mol. The van der Waals surface area contributed by atoms with Crippen molar-refractivity contribution in [3.8, 4) is 0 Å². The molecule has 1 aliphatic rings. The predicted molar refractivity (Wildman–Crippen MR) is 88.1 cm³/mol. The Morgan fingerprint density at radius 2 is 1.11 bits per heavy atom. The first-order valence-corrected chi connectivity index (χ1v) is 7.93. The second-order valence-electron chi connectivity index (χ2n) is 7.13. The summed E-state index contributed by atoms with van der Waals surface area (Å²) in [5, 5.41) is 0.545. The van der Waals surface area contributed by atoms with Gasteiger partial charge in [0.1, 0.15) is 0 Å². The Morgan fingerprint density at radius 3 is 1.42 bits per heavy atom. The molecule has 0 aromatic heterocycles. The van der Waals surface area contributed by atoms with E-state index in [1.807, 2.05) is 0 Å². The van der Waals surface area contributed by atoms with E-state index in [9.17, 15) is 0 Å². The van der Waals surface area contributed by atoms with Crippen molar-refractivity contribution < 1.29 is 0 Å². The first-order valence-electron chi connectivity index (χ1n) is 7.41. The molecule has 1 fully saturated rings. The third-order valence-electron chi connectivity index (χ3n) is 4.06. The van der Waals surface area contributed by atoms with Crippen LogP contribution in [0.25, 0.3) is 0 Å². The Morgan fingerprint density at radius 1 is 0.737 bits per heavy atom. The van der Waals surface area contributed by atoms with Gasteiger partial charge < -0.3 is 14.7 Å². The molecule has 0 amide bonds. The van der Waals surface area contributed by atoms with Crippen LogP contribution >= 0.6 is 12.6 Å². The maximum atomic E-state index is 4.96. The lowest BCUT2D eigenvalue weighted by molar-refractivity contribution is 0.131. The largest absolute Gasteiger partial charge is 0.309 e. The molecule has 2 unspecified atom stereocenters. The van der Waals surface area contributed by atoms with E-state index in [4.69, 9.17) is 12.6 Å². The average molecular weight is 288 g/mol. The summed E-state index contributed by atoms with van der Waals surface area (Å²) in [5.41, 5.74) is 0. The quantitative estimate of drug-likeness (QED) is 0.744. The van der Waals surface area contributed by atoms with E-state index in [0.29, 0.717) is 5.25 Å². The second-order valence-corrected chi connectivity index (χ2v) is 7.73. The maximum absolute atomic E-state index is 4.96. The van der Waals surface area contributed by atoms with Crippen LogP contribution in [0, 0.1) is 17.8 Å². The Balaban J connectivity index is 2.69. The van der Waals surface area contributed by atoms with Crippen molar-refractivity contribution in [2.45, 2.75) is 18.1 Å². The minimum Gasteiger partial charge on any atom is -0.309 e. The summed E-state index contributed by atoms with van der Waals surface area (Å²) in [4.78, 5) is 6.97. The molecule has 1 aliphatic carbocycles. The topological polar surface area (TPSA) is 9.72 Å². The molecule has 0 saturated heterocycles. The van der Waals surface area contributed by atoms with Crippen molar-refractivity contribution in [1.82, 2.24) is 14.7 Å². The minimum atomic E-state index is 0.545. The smallest absolute Gasteiger partial charge is 0.00979 e. The zero-order valence-corrected chi connectivity index (χ0v) is 14.5. The van der Waals surface area contributed by atoms with Gasteiger partial charge >= 0.3 is 0 Å². The van der Waals surface area contributed by atoms with Gasteiger partial charge in [0.05, 0.1) is 0 Å². The molecular weight excluding hydrogens is 254 g/mol. The third kappa shape index (κ3) is 6.03. The molecule has 1 rings (SSSR count). The highest BCUT2D eigenvalue weighted by Gasteiger charge is 2.36. The fraction of sp³-hybridized carbons (Fsp3) is 1.00. The van der Waals surface area contributed by atoms with Crippen molar-refractivity contribution >= 4 is 12.6 Å². The van der Waals surface area contributed by atoms with Crippen molar-refractivity contribution in [2.24, 2.45) is 17.8 Å². The van der Waals surface area contributed by atoms with Gasteiger partial charge in [-0.3, -0.25) is 0 Å². The molecule has 0 aliphatic heterocycles. The van der Waals surface area contributed by atoms with Crippen LogP contribution in [0.3, 0.4) is 0 Å². The molecule has 0 aromatic carbocycles. The molecule has 0 heterocycles. The first kappa shape index (κ1) is 17.3. The van der Waals surface area contributed by atoms with Gasteiger partial charge in [0.15, 0.2) is 0 Å². The van der Waals surface area contributed by atoms with E-state index >= 15 is 0 Å². The molecular formula is C15H33N3S. The molecule has 1 saturated carbocycles. The zero-order chi connectivity index (χ0) is 14.6. The normalized spacial score (nSPS) is 32.5. The molecule has 0 radical (unpaired) electrons. The van der Waals surface area contributed by atoms with Crippen LogP contribution in [0.4, 0.5) is 0 Å². The summed E-state index contributed by atoms with van der Waals surface area (Å²) < 4.78 is 0. The molecule has 19 heavy (non-hydrogen) atoms. The maximum Gasteiger partial charge on any atom is 0.00979 e.